The molecule has 1 aliphatic rings. The summed E-state index contributed by atoms with van der Waals surface area (Å²) >= 11 is 0. The number of fused-ring (bicyclic) bond motifs is 1. The van der Waals surface area contributed by atoms with Gasteiger partial charge in [-0.2, -0.15) is 4.98 Å². The van der Waals surface area contributed by atoms with Crippen LogP contribution in [0.3, 0.4) is 0 Å². The van der Waals surface area contributed by atoms with Gasteiger partial charge in [0.05, 0.1) is 0 Å². The van der Waals surface area contributed by atoms with Gasteiger partial charge in [0.15, 0.2) is 5.58 Å². The number of hydrogen-bond acceptors (Lipinski definition) is 5. The predicted octanol–water partition coefficient (Wildman–Crippen LogP) is 4.99. The van der Waals surface area contributed by atoms with Gasteiger partial charge in [-0.05, 0) is 42.9 Å². The molecule has 0 unspecified atom stereocenters. The molecule has 5 rings (SSSR count). The Kier molecular flexibility index (Phi) is 4.66. The number of piperazine rings is 1. The summed E-state index contributed by atoms with van der Waals surface area (Å²) in [6.45, 7) is 4.34. The van der Waals surface area contributed by atoms with Gasteiger partial charge in [-0.3, -0.25) is 0 Å². The molecule has 4 aromatic rings. The molecule has 0 saturated carbocycles. The van der Waals surface area contributed by atoms with Crippen molar-refractivity contribution in [1.82, 2.24) is 9.88 Å². The van der Waals surface area contributed by atoms with E-state index in [1.807, 2.05) is 30.3 Å². The fourth-order valence-corrected chi connectivity index (χ4v) is 3.79. The summed E-state index contributed by atoms with van der Waals surface area (Å²) in [6.07, 6.45) is 0. The Balaban J connectivity index is 1.37. The Hall–Kier alpha value is -3.31. The number of benzene rings is 3. The zero-order valence-corrected chi connectivity index (χ0v) is 16.5. The molecule has 29 heavy (non-hydrogen) atoms. The second-order valence-corrected chi connectivity index (χ2v) is 7.50. The molecule has 1 saturated heterocycles. The van der Waals surface area contributed by atoms with Gasteiger partial charge in [0.1, 0.15) is 5.52 Å². The number of likely N-dealkylation sites (N-methyl/N-ethyl adjacent to an activating group) is 1. The lowest BCUT2D eigenvalue weighted by Crippen LogP contribution is -2.44. The van der Waals surface area contributed by atoms with E-state index < -0.39 is 0 Å². The summed E-state index contributed by atoms with van der Waals surface area (Å²) in [5.74, 6) is 0. The first-order valence-electron chi connectivity index (χ1n) is 10.0. The number of nitrogens with one attached hydrogen (secondary N) is 1. The molecule has 1 aromatic heterocycles. The lowest BCUT2D eigenvalue weighted by atomic mass is 10.1. The monoisotopic (exact) mass is 384 g/mol. The van der Waals surface area contributed by atoms with Gasteiger partial charge in [-0.25, -0.2) is 0 Å². The summed E-state index contributed by atoms with van der Waals surface area (Å²) < 4.78 is 6.08. The van der Waals surface area contributed by atoms with Crippen molar-refractivity contribution >= 4 is 28.5 Å². The SMILES string of the molecule is CN1CCN(c2ccc(Nc3nc4cccc(-c5ccccc5)c4o3)cc2)CC1. The molecule has 1 aliphatic heterocycles. The molecule has 2 heterocycles. The van der Waals surface area contributed by atoms with Crippen LogP contribution >= 0.6 is 0 Å². The molecular weight excluding hydrogens is 360 g/mol. The number of rotatable bonds is 4. The number of hydrogen-bond donors (Lipinski definition) is 1. The second-order valence-electron chi connectivity index (χ2n) is 7.50. The largest absolute Gasteiger partial charge is 0.423 e. The third-order valence-electron chi connectivity index (χ3n) is 5.49. The van der Waals surface area contributed by atoms with Crippen LogP contribution in [0, 0.1) is 0 Å². The average Bonchev–Trinajstić information content (AvgIpc) is 3.18. The molecule has 0 amide bonds. The highest BCUT2D eigenvalue weighted by atomic mass is 16.4. The maximum absolute atomic E-state index is 6.08. The topological polar surface area (TPSA) is 44.5 Å². The summed E-state index contributed by atoms with van der Waals surface area (Å²) in [5.41, 5.74) is 6.05. The second kappa shape index (κ2) is 7.60. The van der Waals surface area contributed by atoms with Crippen LogP contribution in [0.5, 0.6) is 0 Å². The van der Waals surface area contributed by atoms with Crippen LogP contribution in [0.15, 0.2) is 77.2 Å². The molecule has 0 aliphatic carbocycles. The van der Waals surface area contributed by atoms with Crippen LogP contribution in [-0.4, -0.2) is 43.1 Å². The fourth-order valence-electron chi connectivity index (χ4n) is 3.79. The lowest BCUT2D eigenvalue weighted by molar-refractivity contribution is 0.313. The Morgan fingerprint density at radius 3 is 2.34 bits per heavy atom. The number of nitrogens with zero attached hydrogens (tertiary/aromatic N) is 3. The van der Waals surface area contributed by atoms with E-state index in [-0.39, 0.29) is 0 Å². The highest BCUT2D eigenvalue weighted by Crippen LogP contribution is 2.31. The van der Waals surface area contributed by atoms with Crippen molar-refractivity contribution in [2.24, 2.45) is 0 Å². The van der Waals surface area contributed by atoms with E-state index >= 15 is 0 Å². The van der Waals surface area contributed by atoms with E-state index in [2.05, 4.69) is 69.6 Å². The molecule has 1 N–H and O–H groups in total. The van der Waals surface area contributed by atoms with E-state index in [0.29, 0.717) is 6.01 Å². The third kappa shape index (κ3) is 3.69. The van der Waals surface area contributed by atoms with Crippen molar-refractivity contribution in [3.05, 3.63) is 72.8 Å². The van der Waals surface area contributed by atoms with Crippen molar-refractivity contribution in [2.45, 2.75) is 0 Å². The summed E-state index contributed by atoms with van der Waals surface area (Å²) in [7, 11) is 2.17. The van der Waals surface area contributed by atoms with Crippen LogP contribution < -0.4 is 10.2 Å². The maximum atomic E-state index is 6.08. The van der Waals surface area contributed by atoms with Crippen LogP contribution in [0.4, 0.5) is 17.4 Å². The summed E-state index contributed by atoms with van der Waals surface area (Å²) in [4.78, 5) is 9.41. The molecular formula is C24H24N4O. The predicted molar refractivity (Wildman–Crippen MR) is 119 cm³/mol. The molecule has 3 aromatic carbocycles. The molecule has 1 fully saturated rings. The lowest BCUT2D eigenvalue weighted by Gasteiger charge is -2.34. The van der Waals surface area contributed by atoms with E-state index in [0.717, 1.165) is 54.1 Å². The molecule has 0 atom stereocenters. The summed E-state index contributed by atoms with van der Waals surface area (Å²) in [5, 5.41) is 3.30. The Labute approximate surface area is 170 Å². The summed E-state index contributed by atoms with van der Waals surface area (Å²) in [6, 6.07) is 25.3. The quantitative estimate of drug-likeness (QED) is 0.537. The molecule has 0 spiro atoms. The molecule has 5 nitrogen and oxygen atoms in total. The maximum Gasteiger partial charge on any atom is 0.300 e. The highest BCUT2D eigenvalue weighted by molar-refractivity contribution is 5.91. The first-order valence-corrected chi connectivity index (χ1v) is 10.0. The number of aromatic nitrogens is 1. The number of oxazole rings is 1. The van der Waals surface area contributed by atoms with Gasteiger partial charge in [0, 0.05) is 43.1 Å². The van der Waals surface area contributed by atoms with Gasteiger partial charge in [-0.15, -0.1) is 0 Å². The van der Waals surface area contributed by atoms with Crippen molar-refractivity contribution in [2.75, 3.05) is 43.4 Å². The molecule has 146 valence electrons. The van der Waals surface area contributed by atoms with Crippen molar-refractivity contribution in [3.8, 4) is 11.1 Å². The van der Waals surface area contributed by atoms with Crippen molar-refractivity contribution in [3.63, 3.8) is 0 Å². The first-order chi connectivity index (χ1) is 14.3. The van der Waals surface area contributed by atoms with Crippen LogP contribution in [0.1, 0.15) is 0 Å². The minimum Gasteiger partial charge on any atom is -0.423 e. The standard InChI is InChI=1S/C24H24N4O/c1-27-14-16-28(17-15-27)20-12-10-19(11-13-20)25-24-26-22-9-5-8-21(23(22)29-24)18-6-3-2-4-7-18/h2-13H,14-17H2,1H3,(H,25,26). The Morgan fingerprint density at radius 2 is 1.59 bits per heavy atom. The molecule has 0 radical (unpaired) electrons. The van der Waals surface area contributed by atoms with Gasteiger partial charge in [0.25, 0.3) is 6.01 Å². The normalized spacial score (nSPS) is 15.0. The number of anilines is 3. The van der Waals surface area contributed by atoms with E-state index in [9.17, 15) is 0 Å². The zero-order valence-electron chi connectivity index (χ0n) is 16.5. The van der Waals surface area contributed by atoms with E-state index in [4.69, 9.17) is 4.42 Å². The van der Waals surface area contributed by atoms with Crippen molar-refractivity contribution < 1.29 is 4.42 Å². The molecule has 5 heteroatoms. The smallest absolute Gasteiger partial charge is 0.300 e. The Morgan fingerprint density at radius 1 is 0.828 bits per heavy atom. The Bertz CT molecular complexity index is 1100. The van der Waals surface area contributed by atoms with E-state index in [1.54, 1.807) is 0 Å². The zero-order chi connectivity index (χ0) is 19.6. The van der Waals surface area contributed by atoms with Gasteiger partial charge in [0.2, 0.25) is 0 Å². The number of para-hydroxylation sites is 1. The highest BCUT2D eigenvalue weighted by Gasteiger charge is 2.15. The first kappa shape index (κ1) is 17.8. The molecule has 0 bridgehead atoms. The van der Waals surface area contributed by atoms with E-state index in [1.165, 1.54) is 5.69 Å². The van der Waals surface area contributed by atoms with Crippen molar-refractivity contribution in [1.29, 1.82) is 0 Å². The average molecular weight is 384 g/mol. The third-order valence-corrected chi connectivity index (χ3v) is 5.49. The van der Waals surface area contributed by atoms with Crippen LogP contribution in [0.2, 0.25) is 0 Å². The van der Waals surface area contributed by atoms with Crippen LogP contribution in [-0.2, 0) is 0 Å². The van der Waals surface area contributed by atoms with Gasteiger partial charge >= 0.3 is 0 Å². The van der Waals surface area contributed by atoms with Gasteiger partial charge < -0.3 is 19.5 Å². The van der Waals surface area contributed by atoms with Gasteiger partial charge in [-0.1, -0.05) is 42.5 Å². The minimum absolute atomic E-state index is 0.510. The minimum atomic E-state index is 0.510. The fraction of sp³-hybridized carbons (Fsp3) is 0.208. The van der Waals surface area contributed by atoms with Crippen LogP contribution in [0.25, 0.3) is 22.2 Å².